The monoisotopic (exact) mass is 592 g/mol. The molecule has 11 heteroatoms. The number of hydrogen-bond donors (Lipinski definition) is 3. The molecule has 1 fully saturated rings. The Morgan fingerprint density at radius 2 is 1.76 bits per heavy atom. The molecule has 42 heavy (non-hydrogen) atoms. The number of carbonyl (C=O) groups is 2. The molecule has 0 bridgehead atoms. The zero-order chi connectivity index (χ0) is 30.5. The van der Waals surface area contributed by atoms with E-state index in [1.807, 2.05) is 18.3 Å². The number of carbonyl (C=O) groups excluding carboxylic acids is 2. The van der Waals surface area contributed by atoms with Gasteiger partial charge in [-0.15, -0.1) is 5.10 Å². The summed E-state index contributed by atoms with van der Waals surface area (Å²) in [5.41, 5.74) is 3.48. The fraction of sp³-hybridized carbons (Fsp3) is 0.452. The number of unbranched alkanes of at least 4 members (excludes halogenated alkanes) is 3. The second-order valence-corrected chi connectivity index (χ2v) is 12.4. The zero-order valence-electron chi connectivity index (χ0n) is 24.4. The highest BCUT2D eigenvalue weighted by molar-refractivity contribution is 6.31. The van der Waals surface area contributed by atoms with Crippen molar-refractivity contribution in [2.45, 2.75) is 78.5 Å². The van der Waals surface area contributed by atoms with Crippen LogP contribution in [0, 0.1) is 22.2 Å². The quantitative estimate of drug-likeness (QED) is 0.142. The number of hydroxylamine groups is 1. The van der Waals surface area contributed by atoms with Crippen molar-refractivity contribution in [3.63, 3.8) is 0 Å². The average molecular weight is 593 g/mol. The van der Waals surface area contributed by atoms with Crippen molar-refractivity contribution in [3.05, 3.63) is 64.8 Å². The summed E-state index contributed by atoms with van der Waals surface area (Å²) in [7, 11) is 0. The molecule has 0 spiro atoms. The summed E-state index contributed by atoms with van der Waals surface area (Å²) in [6, 6.07) is 14.3. The predicted octanol–water partition coefficient (Wildman–Crippen LogP) is 5.54. The number of amides is 2. The van der Waals surface area contributed by atoms with Gasteiger partial charge in [0, 0.05) is 47.0 Å². The Bertz CT molecular complexity index is 1440. The number of nitrogens with zero attached hydrogens (tertiary/aromatic N) is 4. The number of aryl methyl sites for hydroxylation is 1. The molecule has 10 nitrogen and oxygen atoms in total. The van der Waals surface area contributed by atoms with Gasteiger partial charge in [-0.25, -0.2) is 5.48 Å². The van der Waals surface area contributed by atoms with Crippen LogP contribution in [-0.4, -0.2) is 44.2 Å². The third kappa shape index (κ3) is 6.75. The van der Waals surface area contributed by atoms with Crippen LogP contribution in [0.5, 0.6) is 5.75 Å². The van der Waals surface area contributed by atoms with Crippen molar-refractivity contribution in [1.29, 1.82) is 5.26 Å². The first-order valence-corrected chi connectivity index (χ1v) is 14.5. The van der Waals surface area contributed by atoms with Crippen LogP contribution < -0.4 is 15.5 Å². The maximum absolute atomic E-state index is 13.2. The van der Waals surface area contributed by atoms with E-state index < -0.39 is 0 Å². The molecule has 0 aliphatic heterocycles. The number of rotatable bonds is 12. The number of aromatic nitrogens is 3. The van der Waals surface area contributed by atoms with Crippen LogP contribution in [0.25, 0.3) is 11.3 Å². The van der Waals surface area contributed by atoms with E-state index in [0.717, 1.165) is 43.5 Å². The summed E-state index contributed by atoms with van der Waals surface area (Å²) < 4.78 is 8.11. The van der Waals surface area contributed by atoms with Crippen molar-refractivity contribution in [2.24, 2.45) is 10.8 Å². The van der Waals surface area contributed by atoms with Crippen LogP contribution in [-0.2, 0) is 11.3 Å². The van der Waals surface area contributed by atoms with Crippen LogP contribution in [0.2, 0.25) is 5.02 Å². The number of nitrogens with one attached hydrogen (secondary N) is 2. The Balaban J connectivity index is 1.31. The molecule has 1 aliphatic rings. The van der Waals surface area contributed by atoms with E-state index >= 15 is 0 Å². The Morgan fingerprint density at radius 1 is 1.07 bits per heavy atom. The molecule has 4 rings (SSSR count). The molecular formula is C31H37ClN6O4. The maximum Gasteiger partial charge on any atom is 0.251 e. The first kappa shape index (κ1) is 31.0. The molecule has 1 heterocycles. The molecular weight excluding hydrogens is 556 g/mol. The summed E-state index contributed by atoms with van der Waals surface area (Å²) in [5.74, 6) is 0.0698. The number of nitriles is 1. The van der Waals surface area contributed by atoms with Gasteiger partial charge >= 0.3 is 0 Å². The minimum atomic E-state index is -0.361. The van der Waals surface area contributed by atoms with Gasteiger partial charge in [0.2, 0.25) is 5.91 Å². The number of halogens is 1. The molecule has 2 amide bonds. The van der Waals surface area contributed by atoms with Gasteiger partial charge in [0.25, 0.3) is 5.91 Å². The number of benzene rings is 2. The number of hydrogen-bond acceptors (Lipinski definition) is 7. The summed E-state index contributed by atoms with van der Waals surface area (Å²) in [6.07, 6.45) is 5.50. The van der Waals surface area contributed by atoms with Crippen molar-refractivity contribution in [3.8, 4) is 23.1 Å². The fourth-order valence-corrected chi connectivity index (χ4v) is 6.32. The highest BCUT2D eigenvalue weighted by atomic mass is 35.5. The first-order chi connectivity index (χ1) is 20.0. The summed E-state index contributed by atoms with van der Waals surface area (Å²) in [6.45, 7) is 9.00. The lowest BCUT2D eigenvalue weighted by atomic mass is 9.49. The predicted molar refractivity (Wildman–Crippen MR) is 158 cm³/mol. The van der Waals surface area contributed by atoms with E-state index in [1.54, 1.807) is 40.5 Å². The molecule has 0 radical (unpaired) electrons. The smallest absolute Gasteiger partial charge is 0.251 e. The van der Waals surface area contributed by atoms with Gasteiger partial charge in [0.1, 0.15) is 23.6 Å². The zero-order valence-corrected chi connectivity index (χ0v) is 25.1. The second kappa shape index (κ2) is 12.9. The van der Waals surface area contributed by atoms with Crippen LogP contribution in [0.3, 0.4) is 0 Å². The SMILES string of the molecule is CC1(C)C(NC(=O)c2ccc(-c3cn(CCCCCCC(=O)NO)nn3)cc2)C(C)(C)C1Oc1ccc(C#N)c(Cl)c1. The Labute approximate surface area is 251 Å². The Hall–Kier alpha value is -3.94. The second-order valence-electron chi connectivity index (χ2n) is 11.9. The third-order valence-corrected chi connectivity index (χ3v) is 8.39. The van der Waals surface area contributed by atoms with Crippen LogP contribution in [0.1, 0.15) is 75.7 Å². The molecule has 1 aliphatic carbocycles. The van der Waals surface area contributed by atoms with E-state index in [1.165, 1.54) is 0 Å². The summed E-state index contributed by atoms with van der Waals surface area (Å²) in [5, 5.41) is 29.7. The van der Waals surface area contributed by atoms with E-state index in [9.17, 15) is 9.59 Å². The number of ether oxygens (including phenoxy) is 1. The van der Waals surface area contributed by atoms with E-state index in [4.69, 9.17) is 26.8 Å². The molecule has 222 valence electrons. The third-order valence-electron chi connectivity index (χ3n) is 8.08. The van der Waals surface area contributed by atoms with Crippen LogP contribution in [0.4, 0.5) is 0 Å². The van der Waals surface area contributed by atoms with Crippen LogP contribution in [0.15, 0.2) is 48.7 Å². The summed E-state index contributed by atoms with van der Waals surface area (Å²) >= 11 is 6.20. The van der Waals surface area contributed by atoms with E-state index in [0.29, 0.717) is 28.3 Å². The fourth-order valence-electron chi connectivity index (χ4n) is 6.11. The van der Waals surface area contributed by atoms with Gasteiger partial charge in [-0.2, -0.15) is 5.26 Å². The molecule has 0 unspecified atom stereocenters. The first-order valence-electron chi connectivity index (χ1n) is 14.1. The van der Waals surface area contributed by atoms with Crippen molar-refractivity contribution in [2.75, 3.05) is 0 Å². The van der Waals surface area contributed by atoms with Crippen molar-refractivity contribution >= 4 is 23.4 Å². The maximum atomic E-state index is 13.2. The molecule has 0 atom stereocenters. The largest absolute Gasteiger partial charge is 0.489 e. The van der Waals surface area contributed by atoms with Gasteiger partial charge < -0.3 is 10.1 Å². The van der Waals surface area contributed by atoms with E-state index in [2.05, 4.69) is 49.4 Å². The van der Waals surface area contributed by atoms with Gasteiger partial charge in [-0.3, -0.25) is 19.5 Å². The lowest BCUT2D eigenvalue weighted by Crippen LogP contribution is -2.74. The molecule has 0 saturated heterocycles. The Kier molecular flexibility index (Phi) is 9.54. The minimum Gasteiger partial charge on any atom is -0.489 e. The molecule has 3 N–H and O–H groups in total. The molecule has 3 aromatic rings. The van der Waals surface area contributed by atoms with Gasteiger partial charge in [-0.05, 0) is 37.1 Å². The van der Waals surface area contributed by atoms with Crippen LogP contribution >= 0.6 is 11.6 Å². The lowest BCUT2D eigenvalue weighted by Gasteiger charge is -2.63. The summed E-state index contributed by atoms with van der Waals surface area (Å²) in [4.78, 5) is 24.3. The normalized spacial score (nSPS) is 18.4. The minimum absolute atomic E-state index is 0.136. The van der Waals surface area contributed by atoms with Gasteiger partial charge in [-0.1, -0.05) is 69.5 Å². The van der Waals surface area contributed by atoms with Gasteiger partial charge in [0.15, 0.2) is 0 Å². The molecule has 2 aromatic carbocycles. The molecule has 1 saturated carbocycles. The van der Waals surface area contributed by atoms with E-state index in [-0.39, 0.29) is 34.8 Å². The Morgan fingerprint density at radius 3 is 2.40 bits per heavy atom. The molecule has 1 aromatic heterocycles. The van der Waals surface area contributed by atoms with Crippen molar-refractivity contribution < 1.29 is 19.5 Å². The van der Waals surface area contributed by atoms with Crippen molar-refractivity contribution in [1.82, 2.24) is 25.8 Å². The highest BCUT2D eigenvalue weighted by Gasteiger charge is 2.64. The highest BCUT2D eigenvalue weighted by Crippen LogP contribution is 2.55. The standard InChI is InChI=1S/C31H37ClN6O4/c1-30(2)28(31(3,4)29(30)42-23-15-14-22(18-33)24(32)17-23)34-27(40)21-12-10-20(11-13-21)25-19-38(37-35-25)16-8-6-5-7-9-26(39)36-41/h10-15,17,19,28-29,41H,5-9,16H2,1-4H3,(H,34,40)(H,36,39). The lowest BCUT2D eigenvalue weighted by molar-refractivity contribution is -0.164. The topological polar surface area (TPSA) is 142 Å². The van der Waals surface area contributed by atoms with Gasteiger partial charge in [0.05, 0.1) is 16.8 Å². The average Bonchev–Trinajstić information content (AvgIpc) is 3.45.